The van der Waals surface area contributed by atoms with Gasteiger partial charge in [0.25, 0.3) is 10.0 Å². The molecule has 1 aliphatic rings. The zero-order valence-electron chi connectivity index (χ0n) is 7.59. The maximum absolute atomic E-state index is 11.9. The molecule has 1 aromatic heterocycles. The van der Waals surface area contributed by atoms with Gasteiger partial charge < -0.3 is 0 Å². The van der Waals surface area contributed by atoms with E-state index in [4.69, 9.17) is 0 Å². The third-order valence-corrected chi connectivity index (χ3v) is 5.38. The molecule has 0 amide bonds. The number of sulfonamides is 1. The highest BCUT2D eigenvalue weighted by atomic mass is 32.2. The molecule has 0 aromatic carbocycles. The Labute approximate surface area is 87.6 Å². The maximum atomic E-state index is 11.9. The molecule has 2 heterocycles. The minimum atomic E-state index is -3.23. The Balaban J connectivity index is 2.23. The highest BCUT2D eigenvalue weighted by molar-refractivity contribution is 7.91. The predicted molar refractivity (Wildman–Crippen MR) is 54.9 cm³/mol. The third kappa shape index (κ3) is 1.83. The molecule has 1 radical (unpaired) electrons. The quantitative estimate of drug-likeness (QED) is 0.738. The lowest BCUT2D eigenvalue weighted by Crippen LogP contribution is -2.43. The van der Waals surface area contributed by atoms with Crippen LogP contribution in [0.15, 0.2) is 21.7 Å². The first-order chi connectivity index (χ1) is 6.71. The Kier molecular flexibility index (Phi) is 2.87. The van der Waals surface area contributed by atoms with Gasteiger partial charge in [-0.25, -0.2) is 13.7 Å². The van der Waals surface area contributed by atoms with Gasteiger partial charge in [0.2, 0.25) is 0 Å². The van der Waals surface area contributed by atoms with Crippen LogP contribution in [0.4, 0.5) is 0 Å². The van der Waals surface area contributed by atoms with E-state index >= 15 is 0 Å². The largest absolute Gasteiger partial charge is 0.252 e. The molecule has 0 bridgehead atoms. The first-order valence-electron chi connectivity index (χ1n) is 4.38. The standard InChI is InChI=1S/C8H11N2O2S2/c11-14(12,8-2-1-7-13-8)10-5-3-9-4-6-10/h1-2,7H,3-6H2. The van der Waals surface area contributed by atoms with E-state index in [2.05, 4.69) is 5.32 Å². The van der Waals surface area contributed by atoms with E-state index in [1.807, 2.05) is 0 Å². The monoisotopic (exact) mass is 231 g/mol. The van der Waals surface area contributed by atoms with Gasteiger partial charge in [0, 0.05) is 26.2 Å². The van der Waals surface area contributed by atoms with Crippen molar-refractivity contribution in [1.29, 1.82) is 0 Å². The summed E-state index contributed by atoms with van der Waals surface area (Å²) < 4.78 is 25.8. The summed E-state index contributed by atoms with van der Waals surface area (Å²) in [6.07, 6.45) is 0. The molecule has 77 valence electrons. The van der Waals surface area contributed by atoms with Gasteiger partial charge in [-0.1, -0.05) is 6.07 Å². The summed E-state index contributed by atoms with van der Waals surface area (Å²) in [5, 5.41) is 5.90. The average Bonchev–Trinajstić information content (AvgIpc) is 2.72. The molecule has 1 aromatic rings. The van der Waals surface area contributed by atoms with Gasteiger partial charge >= 0.3 is 0 Å². The number of rotatable bonds is 2. The first-order valence-corrected chi connectivity index (χ1v) is 6.70. The lowest BCUT2D eigenvalue weighted by Gasteiger charge is -2.24. The molecule has 6 heteroatoms. The Morgan fingerprint density at radius 2 is 2.07 bits per heavy atom. The third-order valence-electron chi connectivity index (χ3n) is 2.10. The number of hydrogen-bond acceptors (Lipinski definition) is 3. The van der Waals surface area contributed by atoms with Crippen molar-refractivity contribution < 1.29 is 8.42 Å². The molecule has 0 N–H and O–H groups in total. The second-order valence-corrected chi connectivity index (χ2v) is 6.12. The van der Waals surface area contributed by atoms with E-state index in [1.165, 1.54) is 15.6 Å². The van der Waals surface area contributed by atoms with Gasteiger partial charge in [-0.2, -0.15) is 4.31 Å². The lowest BCUT2D eigenvalue weighted by atomic mass is 10.4. The van der Waals surface area contributed by atoms with E-state index in [-0.39, 0.29) is 0 Å². The predicted octanol–water partition coefficient (Wildman–Crippen LogP) is 0.357. The lowest BCUT2D eigenvalue weighted by molar-refractivity contribution is 0.357. The van der Waals surface area contributed by atoms with Gasteiger partial charge in [-0.15, -0.1) is 11.3 Å². The maximum Gasteiger partial charge on any atom is 0.252 e. The zero-order chi connectivity index (χ0) is 10.0. The van der Waals surface area contributed by atoms with Crippen molar-refractivity contribution in [2.75, 3.05) is 26.2 Å². The highest BCUT2D eigenvalue weighted by Crippen LogP contribution is 2.20. The number of piperazine rings is 1. The second kappa shape index (κ2) is 3.98. The fraction of sp³-hybridized carbons (Fsp3) is 0.500. The number of thiophene rings is 1. The number of nitrogens with zero attached hydrogens (tertiary/aromatic N) is 2. The normalized spacial score (nSPS) is 19.7. The van der Waals surface area contributed by atoms with Crippen LogP contribution in [0.5, 0.6) is 0 Å². The Bertz CT molecular complexity index is 379. The molecule has 1 saturated heterocycles. The molecule has 0 saturated carbocycles. The summed E-state index contributed by atoms with van der Waals surface area (Å²) in [5.74, 6) is 0. The van der Waals surface area contributed by atoms with Crippen LogP contribution in [0.3, 0.4) is 0 Å². The van der Waals surface area contributed by atoms with Crippen LogP contribution in [-0.2, 0) is 10.0 Å². The number of hydrogen-bond donors (Lipinski definition) is 0. The molecule has 1 aliphatic heterocycles. The highest BCUT2D eigenvalue weighted by Gasteiger charge is 2.26. The molecule has 14 heavy (non-hydrogen) atoms. The summed E-state index contributed by atoms with van der Waals surface area (Å²) >= 11 is 1.26. The van der Waals surface area contributed by atoms with E-state index < -0.39 is 10.0 Å². The van der Waals surface area contributed by atoms with Crippen molar-refractivity contribution in [2.24, 2.45) is 0 Å². The molecule has 0 spiro atoms. The van der Waals surface area contributed by atoms with Crippen LogP contribution < -0.4 is 5.32 Å². The van der Waals surface area contributed by atoms with Gasteiger partial charge in [0.05, 0.1) is 0 Å². The van der Waals surface area contributed by atoms with Gasteiger partial charge in [0.15, 0.2) is 0 Å². The van der Waals surface area contributed by atoms with E-state index in [0.29, 0.717) is 30.4 Å². The fourth-order valence-corrected chi connectivity index (χ4v) is 3.93. The molecular weight excluding hydrogens is 220 g/mol. The second-order valence-electron chi connectivity index (χ2n) is 3.01. The van der Waals surface area contributed by atoms with Gasteiger partial charge in [0.1, 0.15) is 4.21 Å². The summed E-state index contributed by atoms with van der Waals surface area (Å²) in [7, 11) is -3.23. The minimum absolute atomic E-state index is 0.430. The molecule has 2 rings (SSSR count). The van der Waals surface area contributed by atoms with Crippen molar-refractivity contribution >= 4 is 21.4 Å². The SMILES string of the molecule is O=S(=O)(c1cccs1)N1CC[N]CC1. The summed E-state index contributed by atoms with van der Waals surface area (Å²) in [5.41, 5.74) is 0. The van der Waals surface area contributed by atoms with Crippen molar-refractivity contribution in [1.82, 2.24) is 9.62 Å². The van der Waals surface area contributed by atoms with Crippen LogP contribution in [0.1, 0.15) is 0 Å². The van der Waals surface area contributed by atoms with Crippen molar-refractivity contribution in [3.8, 4) is 0 Å². The van der Waals surface area contributed by atoms with Crippen LogP contribution in [0, 0.1) is 0 Å². The summed E-state index contributed by atoms with van der Waals surface area (Å²) in [6, 6.07) is 3.40. The average molecular weight is 231 g/mol. The fourth-order valence-electron chi connectivity index (χ4n) is 1.37. The minimum Gasteiger partial charge on any atom is -0.239 e. The Morgan fingerprint density at radius 1 is 1.36 bits per heavy atom. The van der Waals surface area contributed by atoms with E-state index in [9.17, 15) is 8.42 Å². The van der Waals surface area contributed by atoms with Crippen LogP contribution >= 0.6 is 11.3 Å². The Hall–Kier alpha value is -0.430. The van der Waals surface area contributed by atoms with Crippen molar-refractivity contribution in [3.63, 3.8) is 0 Å². The van der Waals surface area contributed by atoms with Crippen LogP contribution in [0.25, 0.3) is 0 Å². The smallest absolute Gasteiger partial charge is 0.239 e. The molecule has 0 atom stereocenters. The first kappa shape index (κ1) is 10.1. The van der Waals surface area contributed by atoms with Gasteiger partial charge in [-0.05, 0) is 11.4 Å². The van der Waals surface area contributed by atoms with E-state index in [1.54, 1.807) is 17.5 Å². The van der Waals surface area contributed by atoms with E-state index in [0.717, 1.165) is 0 Å². The van der Waals surface area contributed by atoms with Crippen molar-refractivity contribution in [2.45, 2.75) is 4.21 Å². The summed E-state index contributed by atoms with van der Waals surface area (Å²) in [4.78, 5) is 0. The Morgan fingerprint density at radius 3 is 2.64 bits per heavy atom. The molecular formula is C8H11N2O2S2. The molecule has 0 unspecified atom stereocenters. The van der Waals surface area contributed by atoms with Crippen molar-refractivity contribution in [3.05, 3.63) is 17.5 Å². The van der Waals surface area contributed by atoms with Crippen LogP contribution in [-0.4, -0.2) is 38.9 Å². The molecule has 1 fully saturated rings. The molecule has 4 nitrogen and oxygen atoms in total. The van der Waals surface area contributed by atoms with Crippen LogP contribution in [0.2, 0.25) is 0 Å². The summed E-state index contributed by atoms with van der Waals surface area (Å²) in [6.45, 7) is 2.26. The zero-order valence-corrected chi connectivity index (χ0v) is 9.22. The van der Waals surface area contributed by atoms with Gasteiger partial charge in [-0.3, -0.25) is 0 Å². The molecule has 0 aliphatic carbocycles. The topological polar surface area (TPSA) is 51.5 Å².